The van der Waals surface area contributed by atoms with Crippen LogP contribution in [0.2, 0.25) is 0 Å². The van der Waals surface area contributed by atoms with Crippen LogP contribution in [0.25, 0.3) is 22.5 Å². The van der Waals surface area contributed by atoms with Crippen molar-refractivity contribution in [3.05, 3.63) is 122 Å². The first-order valence-electron chi connectivity index (χ1n) is 14.6. The van der Waals surface area contributed by atoms with Gasteiger partial charge in [0.1, 0.15) is 5.82 Å². The minimum Gasteiger partial charge on any atom is -0.312 e. The van der Waals surface area contributed by atoms with Crippen molar-refractivity contribution in [2.24, 2.45) is 0 Å². The predicted octanol–water partition coefficient (Wildman–Crippen LogP) is 5.08. The molecule has 5 aromatic rings. The van der Waals surface area contributed by atoms with E-state index in [1.165, 1.54) is 0 Å². The summed E-state index contributed by atoms with van der Waals surface area (Å²) in [5.41, 5.74) is 6.48. The molecule has 1 N–H and O–H groups in total. The van der Waals surface area contributed by atoms with E-state index in [9.17, 15) is 14.4 Å². The van der Waals surface area contributed by atoms with Crippen LogP contribution < -0.4 is 16.2 Å². The summed E-state index contributed by atoms with van der Waals surface area (Å²) in [6.45, 7) is 4.91. The molecule has 9 nitrogen and oxygen atoms in total. The number of aromatic amines is 1. The Balaban J connectivity index is 1.30. The van der Waals surface area contributed by atoms with E-state index in [2.05, 4.69) is 17.1 Å². The fourth-order valence-corrected chi connectivity index (χ4v) is 5.75. The molecule has 3 heterocycles. The van der Waals surface area contributed by atoms with Crippen molar-refractivity contribution in [1.29, 1.82) is 0 Å². The maximum absolute atomic E-state index is 14.0. The van der Waals surface area contributed by atoms with Crippen LogP contribution in [0, 0.1) is 6.92 Å². The SMILES string of the molecule is CCCCc1nc(C)c(CC(=O)N2CCc3ccccc32)c(=O)n1Cc1ccc(-c2ccccc2-c2noc(=O)[nH]2)cc1. The summed E-state index contributed by atoms with van der Waals surface area (Å²) in [5.74, 6) is 0.400. The zero-order valence-electron chi connectivity index (χ0n) is 24.3. The number of rotatable bonds is 9. The van der Waals surface area contributed by atoms with E-state index in [1.807, 2.05) is 79.7 Å². The minimum atomic E-state index is -0.609. The Labute approximate surface area is 248 Å². The lowest BCUT2D eigenvalue weighted by molar-refractivity contribution is -0.117. The number of hydrogen-bond donors (Lipinski definition) is 1. The molecule has 6 rings (SSSR count). The van der Waals surface area contributed by atoms with E-state index >= 15 is 0 Å². The Morgan fingerprint density at radius 2 is 1.72 bits per heavy atom. The zero-order valence-corrected chi connectivity index (χ0v) is 24.3. The first-order chi connectivity index (χ1) is 20.9. The Morgan fingerprint density at radius 3 is 2.47 bits per heavy atom. The fourth-order valence-electron chi connectivity index (χ4n) is 5.75. The molecule has 0 bridgehead atoms. The van der Waals surface area contributed by atoms with Gasteiger partial charge in [0.2, 0.25) is 5.91 Å². The molecule has 43 heavy (non-hydrogen) atoms. The number of benzene rings is 3. The van der Waals surface area contributed by atoms with Crippen LogP contribution in [0.1, 0.15) is 48.0 Å². The van der Waals surface area contributed by atoms with Crippen molar-refractivity contribution in [3.63, 3.8) is 0 Å². The topological polar surface area (TPSA) is 114 Å². The van der Waals surface area contributed by atoms with Crippen molar-refractivity contribution >= 4 is 11.6 Å². The highest BCUT2D eigenvalue weighted by Gasteiger charge is 2.26. The molecular weight excluding hydrogens is 542 g/mol. The molecule has 0 radical (unpaired) electrons. The Kier molecular flexibility index (Phi) is 7.87. The van der Waals surface area contributed by atoms with Crippen LogP contribution in [0.15, 0.2) is 86.9 Å². The van der Waals surface area contributed by atoms with Crippen LogP contribution in [0.3, 0.4) is 0 Å². The third-order valence-corrected chi connectivity index (χ3v) is 8.05. The van der Waals surface area contributed by atoms with Crippen molar-refractivity contribution in [2.75, 3.05) is 11.4 Å². The van der Waals surface area contributed by atoms with Crippen LogP contribution >= 0.6 is 0 Å². The molecule has 0 saturated heterocycles. The number of aromatic nitrogens is 4. The van der Waals surface area contributed by atoms with Gasteiger partial charge in [0, 0.05) is 35.5 Å². The van der Waals surface area contributed by atoms with Gasteiger partial charge in [-0.2, -0.15) is 0 Å². The van der Waals surface area contributed by atoms with Gasteiger partial charge in [-0.1, -0.05) is 85.2 Å². The summed E-state index contributed by atoms with van der Waals surface area (Å²) in [7, 11) is 0. The molecule has 0 unspecified atom stereocenters. The van der Waals surface area contributed by atoms with Gasteiger partial charge >= 0.3 is 5.76 Å². The molecule has 9 heteroatoms. The number of nitrogens with zero attached hydrogens (tertiary/aromatic N) is 4. The third-order valence-electron chi connectivity index (χ3n) is 8.05. The predicted molar refractivity (Wildman–Crippen MR) is 165 cm³/mol. The lowest BCUT2D eigenvalue weighted by atomic mass is 9.98. The summed E-state index contributed by atoms with van der Waals surface area (Å²) in [6, 6.07) is 23.5. The van der Waals surface area contributed by atoms with Crippen LogP contribution in [-0.2, 0) is 30.6 Å². The molecule has 3 aromatic carbocycles. The Hall–Kier alpha value is -5.05. The highest BCUT2D eigenvalue weighted by Crippen LogP contribution is 2.30. The number of para-hydroxylation sites is 1. The lowest BCUT2D eigenvalue weighted by Crippen LogP contribution is -2.36. The second kappa shape index (κ2) is 12.1. The van der Waals surface area contributed by atoms with Crippen LogP contribution in [-0.4, -0.2) is 32.1 Å². The van der Waals surface area contributed by atoms with Gasteiger partial charge in [0.25, 0.3) is 5.56 Å². The molecule has 1 amide bonds. The zero-order chi connectivity index (χ0) is 29.9. The van der Waals surface area contributed by atoms with Gasteiger partial charge in [-0.05, 0) is 48.1 Å². The number of carbonyl (C=O) groups excluding carboxylic acids is 1. The first-order valence-corrected chi connectivity index (χ1v) is 14.6. The molecule has 1 aliphatic rings. The van der Waals surface area contributed by atoms with Crippen molar-refractivity contribution in [1.82, 2.24) is 19.7 Å². The monoisotopic (exact) mass is 575 g/mol. The molecule has 1 aliphatic heterocycles. The summed E-state index contributed by atoms with van der Waals surface area (Å²) in [4.78, 5) is 48.2. The van der Waals surface area contributed by atoms with Gasteiger partial charge in [-0.15, -0.1) is 0 Å². The molecule has 0 saturated carbocycles. The van der Waals surface area contributed by atoms with Crippen LogP contribution in [0.5, 0.6) is 0 Å². The molecule has 0 spiro atoms. The number of anilines is 1. The second-order valence-electron chi connectivity index (χ2n) is 10.9. The van der Waals surface area contributed by atoms with Gasteiger partial charge in [0.05, 0.1) is 13.0 Å². The minimum absolute atomic E-state index is 0.0138. The summed E-state index contributed by atoms with van der Waals surface area (Å²) < 4.78 is 6.44. The molecule has 0 aliphatic carbocycles. The first kappa shape index (κ1) is 28.1. The number of hydrogen-bond acceptors (Lipinski definition) is 6. The third kappa shape index (κ3) is 5.70. The van der Waals surface area contributed by atoms with Gasteiger partial charge in [0.15, 0.2) is 5.82 Å². The maximum atomic E-state index is 14.0. The van der Waals surface area contributed by atoms with E-state index in [-0.39, 0.29) is 17.9 Å². The summed E-state index contributed by atoms with van der Waals surface area (Å²) in [6.07, 6.45) is 3.40. The average molecular weight is 576 g/mol. The largest absolute Gasteiger partial charge is 0.439 e. The Morgan fingerprint density at radius 1 is 0.977 bits per heavy atom. The molecule has 2 aromatic heterocycles. The highest BCUT2D eigenvalue weighted by atomic mass is 16.5. The standard InChI is InChI=1S/C34H33N5O4/c1-3-4-13-30-35-22(2)28(20-31(40)38-19-18-25-9-5-8-12-29(25)38)33(41)39(30)21-23-14-16-24(17-15-23)26-10-6-7-11-27(26)32-36-34(42)43-37-32/h5-12,14-17H,3-4,13,18-21H2,1-2H3,(H,36,37,42). The van der Waals surface area contributed by atoms with Crippen LogP contribution in [0.4, 0.5) is 5.69 Å². The van der Waals surface area contributed by atoms with E-state index in [1.54, 1.807) is 9.47 Å². The number of fused-ring (bicyclic) bond motifs is 1. The van der Waals surface area contributed by atoms with Gasteiger partial charge in [-0.3, -0.25) is 23.7 Å². The lowest BCUT2D eigenvalue weighted by Gasteiger charge is -2.19. The van der Waals surface area contributed by atoms with Crippen molar-refractivity contribution in [2.45, 2.75) is 52.5 Å². The normalized spacial score (nSPS) is 12.5. The number of carbonyl (C=O) groups is 1. The average Bonchev–Trinajstić information content (AvgIpc) is 3.66. The number of unbranched alkanes of at least 4 members (excludes halogenated alkanes) is 1. The molecule has 0 atom stereocenters. The molecule has 218 valence electrons. The maximum Gasteiger partial charge on any atom is 0.439 e. The van der Waals surface area contributed by atoms with Crippen molar-refractivity contribution in [3.8, 4) is 22.5 Å². The molecular formula is C34H33N5O4. The van der Waals surface area contributed by atoms with E-state index < -0.39 is 5.76 Å². The van der Waals surface area contributed by atoms with Crippen molar-refractivity contribution < 1.29 is 9.32 Å². The number of aryl methyl sites for hydroxylation is 2. The molecule has 0 fully saturated rings. The smallest absolute Gasteiger partial charge is 0.312 e. The number of amides is 1. The number of nitrogens with one attached hydrogen (secondary N) is 1. The van der Waals surface area contributed by atoms with Gasteiger partial charge in [-0.25, -0.2) is 9.78 Å². The quantitative estimate of drug-likeness (QED) is 0.262. The van der Waals surface area contributed by atoms with Gasteiger partial charge < -0.3 is 4.90 Å². The summed E-state index contributed by atoms with van der Waals surface area (Å²) in [5, 5.41) is 3.85. The fraction of sp³-hybridized carbons (Fsp3) is 0.265. The number of H-pyrrole nitrogens is 1. The van der Waals surface area contributed by atoms with E-state index in [0.717, 1.165) is 58.6 Å². The Bertz CT molecular complexity index is 1900. The summed E-state index contributed by atoms with van der Waals surface area (Å²) >= 11 is 0. The second-order valence-corrected chi connectivity index (χ2v) is 10.9. The highest BCUT2D eigenvalue weighted by molar-refractivity contribution is 5.96. The van der Waals surface area contributed by atoms with E-state index in [4.69, 9.17) is 9.51 Å². The van der Waals surface area contributed by atoms with E-state index in [0.29, 0.717) is 36.6 Å².